The first-order valence-corrected chi connectivity index (χ1v) is 9.41. The molecule has 0 radical (unpaired) electrons. The Morgan fingerprint density at radius 1 is 1.31 bits per heavy atom. The van der Waals surface area contributed by atoms with Crippen molar-refractivity contribution in [3.8, 4) is 33.6 Å². The second kappa shape index (κ2) is 5.75. The Bertz CT molecular complexity index is 1060. The summed E-state index contributed by atoms with van der Waals surface area (Å²) in [5.74, 6) is 0.810. The number of thiophene rings is 1. The zero-order valence-corrected chi connectivity index (χ0v) is 15.6. The summed E-state index contributed by atoms with van der Waals surface area (Å²) in [6.45, 7) is 0.167. The number of H-pyrrole nitrogens is 1. The summed E-state index contributed by atoms with van der Waals surface area (Å²) in [6, 6.07) is 3.51. The van der Waals surface area contributed by atoms with Crippen molar-refractivity contribution in [2.24, 2.45) is 0 Å². The summed E-state index contributed by atoms with van der Waals surface area (Å²) in [7, 11) is 0. The molecular weight excluding hydrogens is 424 g/mol. The number of nitrogens with one attached hydrogen (secondary N) is 1. The minimum atomic E-state index is -0.950. The van der Waals surface area contributed by atoms with Crippen molar-refractivity contribution >= 4 is 33.2 Å². The van der Waals surface area contributed by atoms with Crippen molar-refractivity contribution in [3.05, 3.63) is 38.8 Å². The molecule has 132 valence electrons. The molecule has 0 unspecified atom stereocenters. The number of fused-ring (bicyclic) bond motifs is 4. The molecule has 2 N–H and O–H groups in total. The van der Waals surface area contributed by atoms with Crippen LogP contribution in [-0.4, -0.2) is 28.1 Å². The Kier molecular flexibility index (Phi) is 3.47. The molecule has 5 rings (SSSR count). The number of aryl methyl sites for hydroxylation is 1. The van der Waals surface area contributed by atoms with Crippen LogP contribution in [-0.2, 0) is 12.8 Å². The number of ether oxygens (including phenoxy) is 3. The van der Waals surface area contributed by atoms with Gasteiger partial charge in [-0.2, -0.15) is 5.10 Å². The number of hydrogen-bond acceptors (Lipinski definition) is 6. The topological polar surface area (TPSA) is 93.7 Å². The number of hydrogen-bond donors (Lipinski definition) is 2. The summed E-state index contributed by atoms with van der Waals surface area (Å²) >= 11 is 4.60. The Labute approximate surface area is 159 Å². The molecule has 0 bridgehead atoms. The van der Waals surface area contributed by atoms with E-state index in [2.05, 4.69) is 26.1 Å². The summed E-state index contributed by atoms with van der Waals surface area (Å²) in [5, 5.41) is 17.2. The molecule has 7 nitrogen and oxygen atoms in total. The average Bonchev–Trinajstić information content (AvgIpc) is 3.32. The summed E-state index contributed by atoms with van der Waals surface area (Å²) in [6.07, 6.45) is 3.17. The van der Waals surface area contributed by atoms with Crippen LogP contribution in [0, 0.1) is 0 Å². The van der Waals surface area contributed by atoms with E-state index in [0.717, 1.165) is 40.1 Å². The standard InChI is InChI=1S/C17H11BrN2O5S/c18-9-3-11-12(24-6-23-11)4-10(9)25-17-13-8(15(26-17)16(21)22)2-1-7-5-19-20-14(7)13/h3-5H,1-2,6H2,(H,19,20)(H,21,22). The van der Waals surface area contributed by atoms with Gasteiger partial charge in [0.25, 0.3) is 0 Å². The minimum Gasteiger partial charge on any atom is -0.477 e. The van der Waals surface area contributed by atoms with E-state index in [-0.39, 0.29) is 6.79 Å². The van der Waals surface area contributed by atoms with Crippen molar-refractivity contribution in [2.45, 2.75) is 12.8 Å². The summed E-state index contributed by atoms with van der Waals surface area (Å²) in [5.41, 5.74) is 3.44. The number of carboxylic acids is 1. The minimum absolute atomic E-state index is 0.167. The van der Waals surface area contributed by atoms with Crippen molar-refractivity contribution in [1.82, 2.24) is 10.2 Å². The van der Waals surface area contributed by atoms with E-state index in [1.54, 1.807) is 18.3 Å². The Morgan fingerprint density at radius 3 is 2.92 bits per heavy atom. The third-order valence-corrected chi connectivity index (χ3v) is 6.13. The molecule has 2 aromatic heterocycles. The van der Waals surface area contributed by atoms with Gasteiger partial charge in [0.1, 0.15) is 10.6 Å². The molecule has 1 aliphatic heterocycles. The lowest BCUT2D eigenvalue weighted by molar-refractivity contribution is 0.0701. The molecule has 1 aromatic carbocycles. The molecule has 0 saturated carbocycles. The Morgan fingerprint density at radius 2 is 2.12 bits per heavy atom. The average molecular weight is 435 g/mol. The highest BCUT2D eigenvalue weighted by Gasteiger charge is 2.31. The highest BCUT2D eigenvalue weighted by Crippen LogP contribution is 2.50. The lowest BCUT2D eigenvalue weighted by atomic mass is 9.92. The van der Waals surface area contributed by atoms with E-state index in [1.165, 1.54) is 0 Å². The molecule has 0 spiro atoms. The van der Waals surface area contributed by atoms with Gasteiger partial charge >= 0.3 is 5.97 Å². The molecule has 3 aromatic rings. The van der Waals surface area contributed by atoms with Gasteiger partial charge in [-0.25, -0.2) is 4.79 Å². The number of carboxylic acid groups (broad SMARTS) is 1. The second-order valence-corrected chi connectivity index (χ2v) is 7.72. The van der Waals surface area contributed by atoms with Crippen molar-refractivity contribution in [1.29, 1.82) is 0 Å². The molecule has 0 atom stereocenters. The van der Waals surface area contributed by atoms with Crippen LogP contribution in [0.3, 0.4) is 0 Å². The zero-order valence-electron chi connectivity index (χ0n) is 13.2. The molecule has 3 heterocycles. The predicted molar refractivity (Wildman–Crippen MR) is 96.6 cm³/mol. The normalized spacial score (nSPS) is 14.0. The van der Waals surface area contributed by atoms with Gasteiger partial charge in [-0.3, -0.25) is 5.10 Å². The van der Waals surface area contributed by atoms with Gasteiger partial charge in [-0.1, -0.05) is 11.3 Å². The van der Waals surface area contributed by atoms with Gasteiger partial charge in [0, 0.05) is 12.1 Å². The number of aromatic nitrogens is 2. The highest BCUT2D eigenvalue weighted by molar-refractivity contribution is 9.10. The maximum atomic E-state index is 11.7. The number of halogens is 1. The smallest absolute Gasteiger partial charge is 0.346 e. The fraction of sp³-hybridized carbons (Fsp3) is 0.176. The Balaban J connectivity index is 1.64. The van der Waals surface area contributed by atoms with Gasteiger partial charge in [-0.15, -0.1) is 0 Å². The third-order valence-electron chi connectivity index (χ3n) is 4.41. The first kappa shape index (κ1) is 15.7. The lowest BCUT2D eigenvalue weighted by Crippen LogP contribution is -2.05. The maximum absolute atomic E-state index is 11.7. The summed E-state index contributed by atoms with van der Waals surface area (Å²) < 4.78 is 17.6. The van der Waals surface area contributed by atoms with E-state index in [1.807, 2.05) is 0 Å². The van der Waals surface area contributed by atoms with Crippen LogP contribution < -0.4 is 14.2 Å². The fourth-order valence-electron chi connectivity index (χ4n) is 3.23. The first-order valence-electron chi connectivity index (χ1n) is 7.80. The fourth-order valence-corrected chi connectivity index (χ4v) is 4.69. The highest BCUT2D eigenvalue weighted by atomic mass is 79.9. The summed E-state index contributed by atoms with van der Waals surface area (Å²) in [4.78, 5) is 12.0. The Hall–Kier alpha value is -2.52. The molecule has 0 amide bonds. The van der Waals surface area contributed by atoms with Crippen LogP contribution in [0.15, 0.2) is 22.8 Å². The molecule has 1 aliphatic carbocycles. The van der Waals surface area contributed by atoms with Gasteiger partial charge in [0.2, 0.25) is 6.79 Å². The zero-order chi connectivity index (χ0) is 17.8. The number of aromatic carboxylic acids is 1. The van der Waals surface area contributed by atoms with E-state index in [9.17, 15) is 9.90 Å². The van der Waals surface area contributed by atoms with Gasteiger partial charge < -0.3 is 19.3 Å². The van der Waals surface area contributed by atoms with Crippen LogP contribution in [0.1, 0.15) is 20.8 Å². The quantitative estimate of drug-likeness (QED) is 0.640. The number of rotatable bonds is 3. The number of aromatic amines is 1. The monoisotopic (exact) mass is 434 g/mol. The largest absolute Gasteiger partial charge is 0.477 e. The number of benzene rings is 1. The van der Waals surface area contributed by atoms with Crippen LogP contribution in [0.4, 0.5) is 0 Å². The van der Waals surface area contributed by atoms with E-state index >= 15 is 0 Å². The molecule has 9 heteroatoms. The molecule has 0 fully saturated rings. The van der Waals surface area contributed by atoms with Gasteiger partial charge in [0.15, 0.2) is 16.6 Å². The molecular formula is C17H11BrN2O5S. The second-order valence-electron chi connectivity index (χ2n) is 5.89. The van der Waals surface area contributed by atoms with Crippen LogP contribution in [0.5, 0.6) is 22.3 Å². The van der Waals surface area contributed by atoms with Crippen LogP contribution in [0.2, 0.25) is 0 Å². The first-order chi connectivity index (χ1) is 12.6. The van der Waals surface area contributed by atoms with Crippen molar-refractivity contribution in [3.63, 3.8) is 0 Å². The lowest BCUT2D eigenvalue weighted by Gasteiger charge is -2.14. The molecule has 0 saturated heterocycles. The van der Waals surface area contributed by atoms with Crippen LogP contribution >= 0.6 is 27.3 Å². The molecule has 26 heavy (non-hydrogen) atoms. The maximum Gasteiger partial charge on any atom is 0.346 e. The third kappa shape index (κ3) is 2.31. The predicted octanol–water partition coefficient (Wildman–Crippen LogP) is 4.22. The molecule has 2 aliphatic rings. The van der Waals surface area contributed by atoms with E-state index in [0.29, 0.717) is 38.1 Å². The van der Waals surface area contributed by atoms with E-state index < -0.39 is 5.97 Å². The SMILES string of the molecule is O=C(O)c1sc(Oc2cc3c(cc2Br)OCO3)c2c1CCc1cn[nH]c1-2. The van der Waals surface area contributed by atoms with Gasteiger partial charge in [-0.05, 0) is 39.9 Å². The van der Waals surface area contributed by atoms with Gasteiger partial charge in [0.05, 0.1) is 21.9 Å². The van der Waals surface area contributed by atoms with Crippen LogP contribution in [0.25, 0.3) is 11.3 Å². The number of nitrogens with zero attached hydrogens (tertiary/aromatic N) is 1. The van der Waals surface area contributed by atoms with Crippen molar-refractivity contribution < 1.29 is 24.1 Å². The van der Waals surface area contributed by atoms with Crippen molar-refractivity contribution in [2.75, 3.05) is 6.79 Å². The number of carbonyl (C=O) groups is 1. The van der Waals surface area contributed by atoms with E-state index in [4.69, 9.17) is 14.2 Å².